The van der Waals surface area contributed by atoms with Crippen molar-refractivity contribution in [2.45, 2.75) is 51.3 Å². The van der Waals surface area contributed by atoms with Gasteiger partial charge in [-0.1, -0.05) is 19.1 Å². The molecule has 2 saturated heterocycles. The summed E-state index contributed by atoms with van der Waals surface area (Å²) in [5.74, 6) is 0.946. The van der Waals surface area contributed by atoms with Crippen LogP contribution >= 0.6 is 0 Å². The summed E-state index contributed by atoms with van der Waals surface area (Å²) in [5.41, 5.74) is 1.03. The zero-order chi connectivity index (χ0) is 17.6. The smallest absolute Gasteiger partial charge is 0.248 e. The highest BCUT2D eigenvalue weighted by Crippen LogP contribution is 2.29. The van der Waals surface area contributed by atoms with Gasteiger partial charge in [0.2, 0.25) is 5.91 Å². The molecular formula is C20H30N2O3. The van der Waals surface area contributed by atoms with Crippen molar-refractivity contribution in [3.05, 3.63) is 29.8 Å². The molecule has 2 aliphatic rings. The third-order valence-corrected chi connectivity index (χ3v) is 5.51. The van der Waals surface area contributed by atoms with E-state index in [-0.39, 0.29) is 12.5 Å². The largest absolute Gasteiger partial charge is 0.497 e. The van der Waals surface area contributed by atoms with Crippen molar-refractivity contribution in [3.63, 3.8) is 0 Å². The SMILES string of the molecule is CCN1CCC[C@H]1[C@@H]1CCCN1C(=O)COCc1cccc(OC)c1. The van der Waals surface area contributed by atoms with Gasteiger partial charge in [-0.05, 0) is 56.5 Å². The first-order valence-electron chi connectivity index (χ1n) is 9.47. The van der Waals surface area contributed by atoms with Gasteiger partial charge in [-0.2, -0.15) is 0 Å². The predicted molar refractivity (Wildman–Crippen MR) is 97.7 cm³/mol. The Morgan fingerprint density at radius 2 is 2.00 bits per heavy atom. The van der Waals surface area contributed by atoms with Crippen molar-refractivity contribution in [3.8, 4) is 5.75 Å². The van der Waals surface area contributed by atoms with E-state index in [0.29, 0.717) is 18.7 Å². The normalized spacial score (nSPS) is 24.0. The Kier molecular flexibility index (Phi) is 6.32. The van der Waals surface area contributed by atoms with Crippen LogP contribution in [0.2, 0.25) is 0 Å². The molecule has 1 amide bonds. The van der Waals surface area contributed by atoms with E-state index in [9.17, 15) is 4.79 Å². The lowest BCUT2D eigenvalue weighted by Gasteiger charge is -2.34. The van der Waals surface area contributed by atoms with Gasteiger partial charge in [-0.25, -0.2) is 0 Å². The molecule has 138 valence electrons. The predicted octanol–water partition coefficient (Wildman–Crippen LogP) is 2.69. The van der Waals surface area contributed by atoms with Crippen LogP contribution < -0.4 is 4.74 Å². The molecule has 0 aliphatic carbocycles. The molecule has 0 aromatic heterocycles. The van der Waals surface area contributed by atoms with Crippen LogP contribution in [-0.4, -0.2) is 61.1 Å². The van der Waals surface area contributed by atoms with Crippen LogP contribution in [-0.2, 0) is 16.1 Å². The van der Waals surface area contributed by atoms with Gasteiger partial charge in [-0.3, -0.25) is 9.69 Å². The quantitative estimate of drug-likeness (QED) is 0.761. The molecule has 0 saturated carbocycles. The number of methoxy groups -OCH3 is 1. The molecule has 1 aromatic carbocycles. The number of likely N-dealkylation sites (tertiary alicyclic amines) is 2. The average molecular weight is 346 g/mol. The van der Waals surface area contributed by atoms with Crippen molar-refractivity contribution in [2.75, 3.05) is 33.4 Å². The number of likely N-dealkylation sites (N-methyl/N-ethyl adjacent to an activating group) is 1. The molecule has 1 aromatic rings. The lowest BCUT2D eigenvalue weighted by atomic mass is 10.0. The second-order valence-electron chi connectivity index (χ2n) is 6.98. The number of nitrogens with zero attached hydrogens (tertiary/aromatic N) is 2. The molecule has 2 fully saturated rings. The first-order chi connectivity index (χ1) is 12.2. The van der Waals surface area contributed by atoms with Gasteiger partial charge in [0, 0.05) is 18.6 Å². The van der Waals surface area contributed by atoms with E-state index in [0.717, 1.165) is 37.2 Å². The second-order valence-corrected chi connectivity index (χ2v) is 6.98. The van der Waals surface area contributed by atoms with Crippen LogP contribution in [0.1, 0.15) is 38.2 Å². The van der Waals surface area contributed by atoms with Crippen molar-refractivity contribution < 1.29 is 14.3 Å². The highest BCUT2D eigenvalue weighted by molar-refractivity contribution is 5.78. The number of benzene rings is 1. The average Bonchev–Trinajstić information content (AvgIpc) is 3.30. The van der Waals surface area contributed by atoms with E-state index in [4.69, 9.17) is 9.47 Å². The van der Waals surface area contributed by atoms with Gasteiger partial charge in [0.1, 0.15) is 12.4 Å². The Labute approximate surface area is 150 Å². The monoisotopic (exact) mass is 346 g/mol. The van der Waals surface area contributed by atoms with E-state index < -0.39 is 0 Å². The van der Waals surface area contributed by atoms with E-state index in [1.54, 1.807) is 7.11 Å². The fourth-order valence-electron chi connectivity index (χ4n) is 4.28. The summed E-state index contributed by atoms with van der Waals surface area (Å²) in [5, 5.41) is 0. The minimum absolute atomic E-state index is 0.133. The zero-order valence-corrected chi connectivity index (χ0v) is 15.4. The third-order valence-electron chi connectivity index (χ3n) is 5.51. The van der Waals surface area contributed by atoms with E-state index in [2.05, 4.69) is 16.7 Å². The van der Waals surface area contributed by atoms with Crippen LogP contribution in [0.25, 0.3) is 0 Å². The minimum atomic E-state index is 0.133. The van der Waals surface area contributed by atoms with Gasteiger partial charge in [-0.15, -0.1) is 0 Å². The lowest BCUT2D eigenvalue weighted by Crippen LogP contribution is -2.49. The van der Waals surface area contributed by atoms with E-state index >= 15 is 0 Å². The summed E-state index contributed by atoms with van der Waals surface area (Å²) in [6, 6.07) is 8.69. The fourth-order valence-corrected chi connectivity index (χ4v) is 4.28. The summed E-state index contributed by atoms with van der Waals surface area (Å²) >= 11 is 0. The molecule has 0 bridgehead atoms. The highest BCUT2D eigenvalue weighted by Gasteiger charge is 2.38. The number of carbonyl (C=O) groups is 1. The van der Waals surface area contributed by atoms with E-state index in [1.165, 1.54) is 19.4 Å². The van der Waals surface area contributed by atoms with Crippen molar-refractivity contribution in [1.29, 1.82) is 0 Å². The van der Waals surface area contributed by atoms with Gasteiger partial charge >= 0.3 is 0 Å². The minimum Gasteiger partial charge on any atom is -0.497 e. The molecular weight excluding hydrogens is 316 g/mol. The molecule has 2 heterocycles. The number of amides is 1. The third kappa shape index (κ3) is 4.33. The van der Waals surface area contributed by atoms with Crippen LogP contribution in [0.5, 0.6) is 5.75 Å². The maximum atomic E-state index is 12.7. The van der Waals surface area contributed by atoms with Crippen molar-refractivity contribution in [2.24, 2.45) is 0 Å². The fraction of sp³-hybridized carbons (Fsp3) is 0.650. The standard InChI is InChI=1S/C20H30N2O3/c1-3-21-11-5-9-18(21)19-10-6-12-22(19)20(23)15-25-14-16-7-4-8-17(13-16)24-2/h4,7-8,13,18-19H,3,5-6,9-12,14-15H2,1-2H3/t18-,19-/m0/s1. The van der Waals surface area contributed by atoms with E-state index in [1.807, 2.05) is 24.3 Å². The Bertz CT molecular complexity index is 578. The van der Waals surface area contributed by atoms with Crippen molar-refractivity contribution in [1.82, 2.24) is 9.80 Å². The van der Waals surface area contributed by atoms with Gasteiger partial charge in [0.25, 0.3) is 0 Å². The molecule has 0 unspecified atom stereocenters. The number of ether oxygens (including phenoxy) is 2. The molecule has 0 radical (unpaired) electrons. The zero-order valence-electron chi connectivity index (χ0n) is 15.4. The number of hydrogen-bond acceptors (Lipinski definition) is 4. The van der Waals surface area contributed by atoms with Crippen LogP contribution in [0.3, 0.4) is 0 Å². The Balaban J connectivity index is 1.51. The summed E-state index contributed by atoms with van der Waals surface area (Å²) in [6.45, 7) is 5.94. The lowest BCUT2D eigenvalue weighted by molar-refractivity contribution is -0.138. The second kappa shape index (κ2) is 8.68. The van der Waals surface area contributed by atoms with Crippen LogP contribution in [0.15, 0.2) is 24.3 Å². The summed E-state index contributed by atoms with van der Waals surface area (Å²) < 4.78 is 10.9. The summed E-state index contributed by atoms with van der Waals surface area (Å²) in [4.78, 5) is 17.3. The maximum Gasteiger partial charge on any atom is 0.248 e. The van der Waals surface area contributed by atoms with Crippen LogP contribution in [0.4, 0.5) is 0 Å². The molecule has 5 heteroatoms. The molecule has 5 nitrogen and oxygen atoms in total. The van der Waals surface area contributed by atoms with Crippen molar-refractivity contribution >= 4 is 5.91 Å². The molecule has 2 atom stereocenters. The Morgan fingerprint density at radius 3 is 2.80 bits per heavy atom. The first kappa shape index (κ1) is 18.2. The molecule has 0 N–H and O–H groups in total. The van der Waals surface area contributed by atoms with Gasteiger partial charge in [0.05, 0.1) is 13.7 Å². The highest BCUT2D eigenvalue weighted by atomic mass is 16.5. The maximum absolute atomic E-state index is 12.7. The molecule has 2 aliphatic heterocycles. The topological polar surface area (TPSA) is 42.0 Å². The number of rotatable bonds is 7. The molecule has 25 heavy (non-hydrogen) atoms. The summed E-state index contributed by atoms with van der Waals surface area (Å²) in [7, 11) is 1.65. The molecule has 0 spiro atoms. The molecule has 3 rings (SSSR count). The van der Waals surface area contributed by atoms with Gasteiger partial charge < -0.3 is 14.4 Å². The summed E-state index contributed by atoms with van der Waals surface area (Å²) in [6.07, 6.45) is 4.71. The Hall–Kier alpha value is -1.59. The Morgan fingerprint density at radius 1 is 1.20 bits per heavy atom. The number of carbonyl (C=O) groups excluding carboxylic acids is 1. The van der Waals surface area contributed by atoms with Gasteiger partial charge in [0.15, 0.2) is 0 Å². The first-order valence-corrected chi connectivity index (χ1v) is 9.47. The van der Waals surface area contributed by atoms with Crippen LogP contribution in [0, 0.1) is 0 Å². The number of hydrogen-bond donors (Lipinski definition) is 0.